The van der Waals surface area contributed by atoms with Gasteiger partial charge in [-0.3, -0.25) is 0 Å². The molecule has 1 aliphatic rings. The Kier molecular flexibility index (Phi) is 5.35. The molecule has 0 saturated heterocycles. The van der Waals surface area contributed by atoms with E-state index in [9.17, 15) is 4.79 Å². The number of quaternary nitrogens is 1. The first-order valence-electron chi connectivity index (χ1n) is 9.94. The molecule has 0 fully saturated rings. The van der Waals surface area contributed by atoms with Gasteiger partial charge < -0.3 is 18.8 Å². The van der Waals surface area contributed by atoms with Crippen molar-refractivity contribution < 1.29 is 18.8 Å². The molecule has 2 heterocycles. The molecule has 5 heteroatoms. The average Bonchev–Trinajstić information content (AvgIpc) is 2.72. The van der Waals surface area contributed by atoms with E-state index in [1.165, 1.54) is 10.5 Å². The van der Waals surface area contributed by atoms with E-state index in [1.54, 1.807) is 6.07 Å². The standard InChI is InChI=1S/C23H25NO4/c1-3-16-9-10-19-17(12-23(25)28-22(19)11-16)13-24(4-2)14-18-15-26-20-7-5-6-8-21(20)27-18/h5-12,18H,3-4,13-15H2,1-2H3/p+1/t18-/m1/s1. The van der Waals surface area contributed by atoms with Crippen LogP contribution < -0.4 is 20.0 Å². The Bertz CT molecular complexity index is 1030. The summed E-state index contributed by atoms with van der Waals surface area (Å²) in [7, 11) is 0. The van der Waals surface area contributed by atoms with E-state index >= 15 is 0 Å². The highest BCUT2D eigenvalue weighted by Gasteiger charge is 2.25. The van der Waals surface area contributed by atoms with Crippen molar-refractivity contribution in [2.75, 3.05) is 19.7 Å². The lowest BCUT2D eigenvalue weighted by molar-refractivity contribution is -0.914. The minimum Gasteiger partial charge on any atom is -0.486 e. The van der Waals surface area contributed by atoms with Crippen LogP contribution in [0.4, 0.5) is 0 Å². The Labute approximate surface area is 164 Å². The van der Waals surface area contributed by atoms with Gasteiger partial charge in [-0.15, -0.1) is 0 Å². The molecule has 0 bridgehead atoms. The second-order valence-electron chi connectivity index (χ2n) is 7.26. The number of nitrogens with one attached hydrogen (secondary N) is 1. The van der Waals surface area contributed by atoms with Gasteiger partial charge in [0.2, 0.25) is 0 Å². The summed E-state index contributed by atoms with van der Waals surface area (Å²) in [6.07, 6.45) is 0.902. The third kappa shape index (κ3) is 3.90. The number of aryl methyl sites for hydroxylation is 1. The van der Waals surface area contributed by atoms with Crippen LogP contribution in [0, 0.1) is 0 Å². The van der Waals surface area contributed by atoms with E-state index in [0.29, 0.717) is 12.2 Å². The fourth-order valence-electron chi connectivity index (χ4n) is 3.74. The third-order valence-electron chi connectivity index (χ3n) is 5.33. The fourth-order valence-corrected chi connectivity index (χ4v) is 3.74. The topological polar surface area (TPSA) is 53.1 Å². The number of ether oxygens (including phenoxy) is 2. The molecular weight excluding hydrogens is 354 g/mol. The van der Waals surface area contributed by atoms with Crippen LogP contribution in [0.15, 0.2) is 57.7 Å². The van der Waals surface area contributed by atoms with Gasteiger partial charge >= 0.3 is 5.63 Å². The average molecular weight is 380 g/mol. The summed E-state index contributed by atoms with van der Waals surface area (Å²) in [4.78, 5) is 13.4. The Morgan fingerprint density at radius 1 is 1.07 bits per heavy atom. The molecule has 0 saturated carbocycles. The first-order valence-corrected chi connectivity index (χ1v) is 9.94. The lowest BCUT2D eigenvalue weighted by Gasteiger charge is -2.29. The normalized spacial score (nSPS) is 16.9. The fraction of sp³-hybridized carbons (Fsp3) is 0.348. The molecule has 2 aromatic carbocycles. The van der Waals surface area contributed by atoms with Crippen molar-refractivity contribution in [2.45, 2.75) is 32.9 Å². The second kappa shape index (κ2) is 8.07. The van der Waals surface area contributed by atoms with Gasteiger partial charge in [-0.25, -0.2) is 4.79 Å². The smallest absolute Gasteiger partial charge is 0.336 e. The molecule has 5 nitrogen and oxygen atoms in total. The molecule has 146 valence electrons. The quantitative estimate of drug-likeness (QED) is 0.668. The highest BCUT2D eigenvalue weighted by atomic mass is 16.6. The number of rotatable bonds is 6. The van der Waals surface area contributed by atoms with Crippen LogP contribution in [0.25, 0.3) is 11.0 Å². The zero-order valence-electron chi connectivity index (χ0n) is 16.4. The molecule has 3 aromatic rings. The molecule has 2 atom stereocenters. The maximum absolute atomic E-state index is 12.1. The van der Waals surface area contributed by atoms with Gasteiger partial charge in [0.25, 0.3) is 0 Å². The van der Waals surface area contributed by atoms with E-state index in [0.717, 1.165) is 48.5 Å². The maximum Gasteiger partial charge on any atom is 0.336 e. The minimum atomic E-state index is -0.294. The molecule has 0 spiro atoms. The number of hydrogen-bond donors (Lipinski definition) is 1. The lowest BCUT2D eigenvalue weighted by atomic mass is 10.1. The highest BCUT2D eigenvalue weighted by Crippen LogP contribution is 2.30. The van der Waals surface area contributed by atoms with E-state index in [1.807, 2.05) is 30.3 Å². The summed E-state index contributed by atoms with van der Waals surface area (Å²) in [5, 5.41) is 1.01. The lowest BCUT2D eigenvalue weighted by Crippen LogP contribution is -3.11. The van der Waals surface area contributed by atoms with Crippen molar-refractivity contribution in [2.24, 2.45) is 0 Å². The predicted octanol–water partition coefficient (Wildman–Crippen LogP) is 2.60. The first kappa shape index (κ1) is 18.6. The SMILES string of the molecule is CCc1ccc2c(C[NH+](CC)C[C@@H]3COc4ccccc4O3)cc(=O)oc2c1. The van der Waals surface area contributed by atoms with Gasteiger partial charge in [0.15, 0.2) is 17.6 Å². The van der Waals surface area contributed by atoms with Gasteiger partial charge in [0.05, 0.1) is 6.54 Å². The van der Waals surface area contributed by atoms with Gasteiger partial charge in [-0.1, -0.05) is 31.2 Å². The van der Waals surface area contributed by atoms with E-state index in [2.05, 4.69) is 26.0 Å². The van der Waals surface area contributed by atoms with Crippen molar-refractivity contribution in [3.63, 3.8) is 0 Å². The van der Waals surface area contributed by atoms with E-state index in [4.69, 9.17) is 13.9 Å². The molecule has 0 radical (unpaired) electrons. The summed E-state index contributed by atoms with van der Waals surface area (Å²) < 4.78 is 17.4. The zero-order chi connectivity index (χ0) is 19.5. The van der Waals surface area contributed by atoms with Crippen LogP contribution in [-0.4, -0.2) is 25.8 Å². The van der Waals surface area contributed by atoms with Gasteiger partial charge in [0.1, 0.15) is 25.3 Å². The zero-order valence-corrected chi connectivity index (χ0v) is 16.4. The van der Waals surface area contributed by atoms with Crippen molar-refractivity contribution in [3.05, 3.63) is 70.1 Å². The highest BCUT2D eigenvalue weighted by molar-refractivity contribution is 5.80. The molecule has 1 aliphatic heterocycles. The summed E-state index contributed by atoms with van der Waals surface area (Å²) in [5.41, 5.74) is 2.56. The van der Waals surface area contributed by atoms with Gasteiger partial charge in [-0.05, 0) is 37.1 Å². The number of benzene rings is 2. The van der Waals surface area contributed by atoms with Crippen LogP contribution in [0.1, 0.15) is 25.0 Å². The Morgan fingerprint density at radius 3 is 2.68 bits per heavy atom. The molecular formula is C23H26NO4+. The molecule has 4 rings (SSSR count). The van der Waals surface area contributed by atoms with Crippen molar-refractivity contribution in [1.82, 2.24) is 0 Å². The second-order valence-corrected chi connectivity index (χ2v) is 7.26. The summed E-state index contributed by atoms with van der Waals surface area (Å²) >= 11 is 0. The number of hydrogen-bond acceptors (Lipinski definition) is 4. The molecule has 28 heavy (non-hydrogen) atoms. The Balaban J connectivity index is 1.53. The monoisotopic (exact) mass is 380 g/mol. The molecule has 0 amide bonds. The number of likely N-dealkylation sites (N-methyl/N-ethyl adjacent to an activating group) is 1. The van der Waals surface area contributed by atoms with Crippen LogP contribution in [-0.2, 0) is 13.0 Å². The Hall–Kier alpha value is -2.79. The van der Waals surface area contributed by atoms with Crippen LogP contribution in [0.5, 0.6) is 11.5 Å². The molecule has 1 aromatic heterocycles. The molecule has 1 unspecified atom stereocenters. The first-order chi connectivity index (χ1) is 13.7. The van der Waals surface area contributed by atoms with E-state index in [-0.39, 0.29) is 11.7 Å². The summed E-state index contributed by atoms with van der Waals surface area (Å²) in [6.45, 7) is 7.26. The van der Waals surface area contributed by atoms with Gasteiger partial charge in [0, 0.05) is 17.0 Å². The summed E-state index contributed by atoms with van der Waals surface area (Å²) in [6, 6.07) is 15.5. The van der Waals surface area contributed by atoms with Crippen LogP contribution in [0.2, 0.25) is 0 Å². The third-order valence-corrected chi connectivity index (χ3v) is 5.33. The summed E-state index contributed by atoms with van der Waals surface area (Å²) in [5.74, 6) is 1.60. The van der Waals surface area contributed by atoms with E-state index < -0.39 is 0 Å². The van der Waals surface area contributed by atoms with Crippen molar-refractivity contribution in [3.8, 4) is 11.5 Å². The van der Waals surface area contributed by atoms with Crippen molar-refractivity contribution in [1.29, 1.82) is 0 Å². The molecule has 0 aliphatic carbocycles. The van der Waals surface area contributed by atoms with Gasteiger partial charge in [-0.2, -0.15) is 0 Å². The van der Waals surface area contributed by atoms with Crippen LogP contribution in [0.3, 0.4) is 0 Å². The Morgan fingerprint density at radius 2 is 1.89 bits per heavy atom. The minimum absolute atomic E-state index is 0.0112. The maximum atomic E-state index is 12.1. The predicted molar refractivity (Wildman–Crippen MR) is 108 cm³/mol. The van der Waals surface area contributed by atoms with Crippen LogP contribution >= 0.6 is 0 Å². The largest absolute Gasteiger partial charge is 0.486 e. The molecule has 1 N–H and O–H groups in total. The van der Waals surface area contributed by atoms with Crippen molar-refractivity contribution >= 4 is 11.0 Å². The number of fused-ring (bicyclic) bond motifs is 2. The number of para-hydroxylation sites is 2.